The summed E-state index contributed by atoms with van der Waals surface area (Å²) in [6.07, 6.45) is -3.31. The van der Waals surface area contributed by atoms with Gasteiger partial charge in [-0.3, -0.25) is 4.79 Å². The second kappa shape index (κ2) is 3.61. The maximum absolute atomic E-state index is 12.2. The average Bonchev–Trinajstić information content (AvgIpc) is 1.89. The fraction of sp³-hybridized carbons (Fsp3) is 0.833. The van der Waals surface area contributed by atoms with E-state index in [1.54, 1.807) is 6.92 Å². The summed E-state index contributed by atoms with van der Waals surface area (Å²) >= 11 is 0. The van der Waals surface area contributed by atoms with Gasteiger partial charge in [0, 0.05) is 13.5 Å². The molecule has 0 amide bonds. The molecule has 0 aliphatic carbocycles. The Morgan fingerprint density at radius 1 is 1.60 bits per heavy atom. The lowest BCUT2D eigenvalue weighted by molar-refractivity contribution is -0.216. The Morgan fingerprint density at radius 3 is 2.40 bits per heavy atom. The largest absolute Gasteiger partial charge is 0.415 e. The SMILES string of the molecule is CCCC(=O)C(F)(F)OC. The van der Waals surface area contributed by atoms with Crippen molar-refractivity contribution in [1.82, 2.24) is 0 Å². The van der Waals surface area contributed by atoms with E-state index in [1.165, 1.54) is 0 Å². The van der Waals surface area contributed by atoms with E-state index in [0.29, 0.717) is 6.42 Å². The van der Waals surface area contributed by atoms with Crippen LogP contribution in [-0.4, -0.2) is 19.0 Å². The summed E-state index contributed by atoms with van der Waals surface area (Å²) in [7, 11) is 0.813. The number of carbonyl (C=O) groups excluding carboxylic acids is 1. The van der Waals surface area contributed by atoms with Gasteiger partial charge in [0.05, 0.1) is 0 Å². The molecule has 0 aromatic heterocycles. The molecule has 0 N–H and O–H groups in total. The molecule has 60 valence electrons. The van der Waals surface area contributed by atoms with Gasteiger partial charge in [0.25, 0.3) is 0 Å². The number of ether oxygens (including phenoxy) is 1. The molecule has 0 bridgehead atoms. The second-order valence-corrected chi connectivity index (χ2v) is 1.89. The highest BCUT2D eigenvalue weighted by Crippen LogP contribution is 2.17. The fourth-order valence-electron chi connectivity index (χ4n) is 0.486. The van der Waals surface area contributed by atoms with E-state index in [2.05, 4.69) is 4.74 Å². The lowest BCUT2D eigenvalue weighted by atomic mass is 10.2. The van der Waals surface area contributed by atoms with Crippen LogP contribution in [0.4, 0.5) is 8.78 Å². The minimum Gasteiger partial charge on any atom is -0.318 e. The van der Waals surface area contributed by atoms with Crippen molar-refractivity contribution in [1.29, 1.82) is 0 Å². The predicted molar refractivity (Wildman–Crippen MR) is 31.9 cm³/mol. The molecule has 0 saturated heterocycles. The van der Waals surface area contributed by atoms with Gasteiger partial charge in [-0.1, -0.05) is 6.92 Å². The summed E-state index contributed by atoms with van der Waals surface area (Å²) in [4.78, 5) is 10.4. The highest BCUT2D eigenvalue weighted by molar-refractivity contribution is 5.84. The minimum absolute atomic E-state index is 0.138. The number of carbonyl (C=O) groups is 1. The summed E-state index contributed by atoms with van der Waals surface area (Å²) in [6.45, 7) is 1.66. The van der Waals surface area contributed by atoms with Crippen molar-refractivity contribution in [3.05, 3.63) is 0 Å². The first-order valence-electron chi connectivity index (χ1n) is 3.01. The molecule has 4 heteroatoms. The van der Waals surface area contributed by atoms with E-state index in [-0.39, 0.29) is 6.42 Å². The van der Waals surface area contributed by atoms with Crippen LogP contribution in [0.15, 0.2) is 0 Å². The molecule has 0 aliphatic heterocycles. The Labute approximate surface area is 58.2 Å². The molecule has 0 aromatic carbocycles. The molecule has 0 spiro atoms. The molecule has 0 fully saturated rings. The van der Waals surface area contributed by atoms with E-state index in [1.807, 2.05) is 0 Å². The van der Waals surface area contributed by atoms with Gasteiger partial charge >= 0.3 is 6.11 Å². The van der Waals surface area contributed by atoms with Crippen molar-refractivity contribution in [2.24, 2.45) is 0 Å². The van der Waals surface area contributed by atoms with Crippen LogP contribution in [0.25, 0.3) is 0 Å². The number of rotatable bonds is 4. The van der Waals surface area contributed by atoms with Crippen LogP contribution in [0.5, 0.6) is 0 Å². The highest BCUT2D eigenvalue weighted by Gasteiger charge is 2.37. The Hall–Kier alpha value is -0.510. The zero-order chi connectivity index (χ0) is 8.20. The number of hydrogen-bond acceptors (Lipinski definition) is 2. The minimum atomic E-state index is -3.59. The average molecular weight is 152 g/mol. The third-order valence-electron chi connectivity index (χ3n) is 1.06. The number of ketones is 1. The Morgan fingerprint density at radius 2 is 2.10 bits per heavy atom. The summed E-state index contributed by atoms with van der Waals surface area (Å²) in [5, 5.41) is 0. The monoisotopic (exact) mass is 152 g/mol. The number of Topliss-reactive ketones (excluding diaryl/α,β-unsaturated/α-hetero) is 1. The third kappa shape index (κ3) is 2.39. The molecule has 0 heterocycles. The van der Waals surface area contributed by atoms with Gasteiger partial charge in [0.15, 0.2) is 0 Å². The maximum atomic E-state index is 12.2. The Bertz CT molecular complexity index is 123. The number of hydrogen-bond donors (Lipinski definition) is 0. The smallest absolute Gasteiger partial charge is 0.318 e. The van der Waals surface area contributed by atoms with Gasteiger partial charge in [0.1, 0.15) is 0 Å². The third-order valence-corrected chi connectivity index (χ3v) is 1.06. The first-order chi connectivity index (χ1) is 4.54. The lowest BCUT2D eigenvalue weighted by Crippen LogP contribution is -2.30. The molecule has 10 heavy (non-hydrogen) atoms. The van der Waals surface area contributed by atoms with Crippen LogP contribution < -0.4 is 0 Å². The normalized spacial score (nSPS) is 11.6. The fourth-order valence-corrected chi connectivity index (χ4v) is 0.486. The molecule has 2 nitrogen and oxygen atoms in total. The van der Waals surface area contributed by atoms with Crippen LogP contribution in [0.2, 0.25) is 0 Å². The number of alkyl halides is 2. The van der Waals surface area contributed by atoms with Crippen LogP contribution in [-0.2, 0) is 9.53 Å². The van der Waals surface area contributed by atoms with E-state index in [0.717, 1.165) is 7.11 Å². The standard InChI is InChI=1S/C6H10F2O2/c1-3-4-5(9)6(7,8)10-2/h3-4H2,1-2H3. The quantitative estimate of drug-likeness (QED) is 0.611. The lowest BCUT2D eigenvalue weighted by Gasteiger charge is -2.10. The van der Waals surface area contributed by atoms with Gasteiger partial charge in [-0.2, -0.15) is 8.78 Å². The second-order valence-electron chi connectivity index (χ2n) is 1.89. The molecular formula is C6H10F2O2. The van der Waals surface area contributed by atoms with Crippen LogP contribution >= 0.6 is 0 Å². The molecule has 0 unspecified atom stereocenters. The zero-order valence-electron chi connectivity index (χ0n) is 5.99. The first-order valence-corrected chi connectivity index (χ1v) is 3.01. The maximum Gasteiger partial charge on any atom is 0.415 e. The Balaban J connectivity index is 3.91. The molecule has 0 saturated carbocycles. The van der Waals surface area contributed by atoms with Gasteiger partial charge < -0.3 is 4.74 Å². The highest BCUT2D eigenvalue weighted by atomic mass is 19.3. The van der Waals surface area contributed by atoms with Crippen LogP contribution in [0, 0.1) is 0 Å². The molecule has 0 atom stereocenters. The summed E-state index contributed by atoms with van der Waals surface area (Å²) in [5.74, 6) is -1.16. The molecule has 0 radical (unpaired) electrons. The van der Waals surface area contributed by atoms with Gasteiger partial charge in [0.2, 0.25) is 5.78 Å². The summed E-state index contributed by atoms with van der Waals surface area (Å²) < 4.78 is 28.0. The van der Waals surface area contributed by atoms with E-state index < -0.39 is 11.9 Å². The summed E-state index contributed by atoms with van der Waals surface area (Å²) in [5.41, 5.74) is 0. The van der Waals surface area contributed by atoms with Crippen LogP contribution in [0.3, 0.4) is 0 Å². The topological polar surface area (TPSA) is 26.3 Å². The van der Waals surface area contributed by atoms with Crippen molar-refractivity contribution < 1.29 is 18.3 Å². The van der Waals surface area contributed by atoms with Crippen molar-refractivity contribution in [3.8, 4) is 0 Å². The first kappa shape index (κ1) is 9.49. The Kier molecular flexibility index (Phi) is 3.42. The van der Waals surface area contributed by atoms with Crippen molar-refractivity contribution in [3.63, 3.8) is 0 Å². The number of halogens is 2. The van der Waals surface area contributed by atoms with Crippen LogP contribution in [0.1, 0.15) is 19.8 Å². The summed E-state index contributed by atoms with van der Waals surface area (Å²) in [6, 6.07) is 0. The van der Waals surface area contributed by atoms with E-state index in [9.17, 15) is 13.6 Å². The molecule has 0 aromatic rings. The predicted octanol–water partition coefficient (Wildman–Crippen LogP) is 1.59. The number of methoxy groups -OCH3 is 1. The van der Waals surface area contributed by atoms with Crippen molar-refractivity contribution in [2.45, 2.75) is 25.9 Å². The van der Waals surface area contributed by atoms with E-state index in [4.69, 9.17) is 0 Å². The van der Waals surface area contributed by atoms with E-state index >= 15 is 0 Å². The molecular weight excluding hydrogens is 142 g/mol. The van der Waals surface area contributed by atoms with Crippen molar-refractivity contribution in [2.75, 3.05) is 7.11 Å². The van der Waals surface area contributed by atoms with Gasteiger partial charge in [-0.15, -0.1) is 0 Å². The van der Waals surface area contributed by atoms with Gasteiger partial charge in [-0.25, -0.2) is 0 Å². The molecule has 0 rings (SSSR count). The van der Waals surface area contributed by atoms with Crippen molar-refractivity contribution >= 4 is 5.78 Å². The zero-order valence-corrected chi connectivity index (χ0v) is 5.99. The van der Waals surface area contributed by atoms with Gasteiger partial charge in [-0.05, 0) is 6.42 Å². The molecule has 0 aliphatic rings.